The smallest absolute Gasteiger partial charge is 0.142 e. The second-order valence-electron chi connectivity index (χ2n) is 4.03. The van der Waals surface area contributed by atoms with Crippen LogP contribution in [0.1, 0.15) is 12.6 Å². The SMILES string of the molecule is Cc1nn(CC(C)N)c2cc(Cl)c(F)cc12. The fourth-order valence-electron chi connectivity index (χ4n) is 1.74. The normalized spacial score (nSPS) is 13.3. The van der Waals surface area contributed by atoms with Crippen molar-refractivity contribution in [3.63, 3.8) is 0 Å². The molecule has 0 fully saturated rings. The largest absolute Gasteiger partial charge is 0.326 e. The molecule has 3 nitrogen and oxygen atoms in total. The van der Waals surface area contributed by atoms with E-state index >= 15 is 0 Å². The summed E-state index contributed by atoms with van der Waals surface area (Å²) in [4.78, 5) is 0. The Morgan fingerprint density at radius 3 is 2.88 bits per heavy atom. The molecule has 0 amide bonds. The number of benzene rings is 1. The predicted molar refractivity (Wildman–Crippen MR) is 63.1 cm³/mol. The molecular formula is C11H13ClFN3. The number of nitrogens with two attached hydrogens (primary N) is 1. The van der Waals surface area contributed by atoms with Gasteiger partial charge in [-0.3, -0.25) is 4.68 Å². The second-order valence-corrected chi connectivity index (χ2v) is 4.44. The van der Waals surface area contributed by atoms with Crippen molar-refractivity contribution in [3.8, 4) is 0 Å². The lowest BCUT2D eigenvalue weighted by Gasteiger charge is -2.06. The molecule has 2 N–H and O–H groups in total. The Hall–Kier alpha value is -1.13. The van der Waals surface area contributed by atoms with Crippen molar-refractivity contribution in [1.82, 2.24) is 9.78 Å². The molecule has 0 spiro atoms. The van der Waals surface area contributed by atoms with E-state index in [2.05, 4.69) is 5.10 Å². The van der Waals surface area contributed by atoms with Crippen molar-refractivity contribution >= 4 is 22.5 Å². The maximum absolute atomic E-state index is 13.3. The molecule has 1 heterocycles. The van der Waals surface area contributed by atoms with Gasteiger partial charge in [-0.2, -0.15) is 5.10 Å². The molecule has 0 bridgehead atoms. The molecule has 0 saturated heterocycles. The third kappa shape index (κ3) is 1.90. The molecule has 86 valence electrons. The van der Waals surface area contributed by atoms with E-state index in [1.165, 1.54) is 6.07 Å². The van der Waals surface area contributed by atoms with Gasteiger partial charge in [0.1, 0.15) is 5.82 Å². The molecule has 2 aromatic rings. The van der Waals surface area contributed by atoms with E-state index in [0.29, 0.717) is 6.54 Å². The summed E-state index contributed by atoms with van der Waals surface area (Å²) >= 11 is 5.76. The first-order chi connectivity index (χ1) is 7.49. The molecule has 1 aromatic carbocycles. The van der Waals surface area contributed by atoms with Gasteiger partial charge in [0.25, 0.3) is 0 Å². The molecule has 2 rings (SSSR count). The molecule has 1 unspecified atom stereocenters. The highest BCUT2D eigenvalue weighted by atomic mass is 35.5. The summed E-state index contributed by atoms with van der Waals surface area (Å²) in [6, 6.07) is 3.00. The average molecular weight is 242 g/mol. The zero-order chi connectivity index (χ0) is 11.9. The molecule has 0 radical (unpaired) electrons. The Kier molecular flexibility index (Phi) is 2.86. The molecule has 0 saturated carbocycles. The maximum Gasteiger partial charge on any atom is 0.142 e. The summed E-state index contributed by atoms with van der Waals surface area (Å²) in [5.74, 6) is -0.419. The lowest BCUT2D eigenvalue weighted by molar-refractivity contribution is 0.550. The third-order valence-electron chi connectivity index (χ3n) is 2.44. The van der Waals surface area contributed by atoms with E-state index in [1.54, 1.807) is 10.7 Å². The zero-order valence-electron chi connectivity index (χ0n) is 9.17. The Morgan fingerprint density at radius 1 is 1.56 bits per heavy atom. The van der Waals surface area contributed by atoms with Crippen LogP contribution in [0.2, 0.25) is 5.02 Å². The van der Waals surface area contributed by atoms with Crippen LogP contribution in [-0.2, 0) is 6.54 Å². The van der Waals surface area contributed by atoms with Gasteiger partial charge < -0.3 is 5.73 Å². The van der Waals surface area contributed by atoms with Gasteiger partial charge in [0.15, 0.2) is 0 Å². The molecule has 0 aliphatic heterocycles. The average Bonchev–Trinajstić information content (AvgIpc) is 2.44. The summed E-state index contributed by atoms with van der Waals surface area (Å²) in [5.41, 5.74) is 7.33. The third-order valence-corrected chi connectivity index (χ3v) is 2.73. The number of hydrogen-bond acceptors (Lipinski definition) is 2. The summed E-state index contributed by atoms with van der Waals surface area (Å²) in [7, 11) is 0. The fraction of sp³-hybridized carbons (Fsp3) is 0.364. The van der Waals surface area contributed by atoms with Crippen LogP contribution < -0.4 is 5.73 Å². The van der Waals surface area contributed by atoms with Crippen molar-refractivity contribution in [2.75, 3.05) is 0 Å². The van der Waals surface area contributed by atoms with Crippen molar-refractivity contribution in [1.29, 1.82) is 0 Å². The van der Waals surface area contributed by atoms with Gasteiger partial charge in [-0.15, -0.1) is 0 Å². The lowest BCUT2D eigenvalue weighted by Crippen LogP contribution is -2.22. The lowest BCUT2D eigenvalue weighted by atomic mass is 10.2. The number of halogens is 2. The van der Waals surface area contributed by atoms with Crippen LogP contribution in [0.5, 0.6) is 0 Å². The number of nitrogens with zero attached hydrogens (tertiary/aromatic N) is 2. The summed E-state index contributed by atoms with van der Waals surface area (Å²) < 4.78 is 15.1. The van der Waals surface area contributed by atoms with Crippen LogP contribution in [0.15, 0.2) is 12.1 Å². The Morgan fingerprint density at radius 2 is 2.25 bits per heavy atom. The van der Waals surface area contributed by atoms with Gasteiger partial charge >= 0.3 is 0 Å². The van der Waals surface area contributed by atoms with Gasteiger partial charge in [0.2, 0.25) is 0 Å². The minimum Gasteiger partial charge on any atom is -0.326 e. The summed E-state index contributed by atoms with van der Waals surface area (Å²) in [6.07, 6.45) is 0. The van der Waals surface area contributed by atoms with E-state index in [9.17, 15) is 4.39 Å². The topological polar surface area (TPSA) is 43.8 Å². The minimum atomic E-state index is -0.419. The van der Waals surface area contributed by atoms with E-state index < -0.39 is 5.82 Å². The summed E-state index contributed by atoms with van der Waals surface area (Å²) in [5, 5.41) is 5.21. The summed E-state index contributed by atoms with van der Waals surface area (Å²) in [6.45, 7) is 4.33. The van der Waals surface area contributed by atoms with Crippen LogP contribution in [0, 0.1) is 12.7 Å². The Labute approximate surface area is 98.0 Å². The number of rotatable bonds is 2. The van der Waals surface area contributed by atoms with Gasteiger partial charge in [-0.25, -0.2) is 4.39 Å². The van der Waals surface area contributed by atoms with Crippen molar-refractivity contribution in [2.45, 2.75) is 26.4 Å². The van der Waals surface area contributed by atoms with Gasteiger partial charge in [0.05, 0.1) is 22.8 Å². The highest BCUT2D eigenvalue weighted by molar-refractivity contribution is 6.31. The first kappa shape index (κ1) is 11.4. The number of aromatic nitrogens is 2. The van der Waals surface area contributed by atoms with Crippen molar-refractivity contribution < 1.29 is 4.39 Å². The predicted octanol–water partition coefficient (Wildman–Crippen LogP) is 2.48. The molecule has 16 heavy (non-hydrogen) atoms. The van der Waals surface area contributed by atoms with E-state index in [1.807, 2.05) is 13.8 Å². The van der Waals surface area contributed by atoms with Gasteiger partial charge in [-0.05, 0) is 26.0 Å². The first-order valence-corrected chi connectivity index (χ1v) is 5.44. The molecular weight excluding hydrogens is 229 g/mol. The number of hydrogen-bond donors (Lipinski definition) is 1. The minimum absolute atomic E-state index is 0.00803. The highest BCUT2D eigenvalue weighted by Crippen LogP contribution is 2.25. The van der Waals surface area contributed by atoms with E-state index in [-0.39, 0.29) is 11.1 Å². The van der Waals surface area contributed by atoms with E-state index in [4.69, 9.17) is 17.3 Å². The van der Waals surface area contributed by atoms with E-state index in [0.717, 1.165) is 16.6 Å². The zero-order valence-corrected chi connectivity index (χ0v) is 9.92. The second kappa shape index (κ2) is 4.03. The number of fused-ring (bicyclic) bond motifs is 1. The molecule has 5 heteroatoms. The van der Waals surface area contributed by atoms with Crippen molar-refractivity contribution in [2.24, 2.45) is 5.73 Å². The fourth-order valence-corrected chi connectivity index (χ4v) is 1.90. The van der Waals surface area contributed by atoms with Gasteiger partial charge in [-0.1, -0.05) is 11.6 Å². The van der Waals surface area contributed by atoms with Crippen LogP contribution in [-0.4, -0.2) is 15.8 Å². The first-order valence-electron chi connectivity index (χ1n) is 5.07. The van der Waals surface area contributed by atoms with Crippen LogP contribution >= 0.6 is 11.6 Å². The van der Waals surface area contributed by atoms with Crippen LogP contribution in [0.4, 0.5) is 4.39 Å². The number of aryl methyl sites for hydroxylation is 1. The van der Waals surface area contributed by atoms with Crippen LogP contribution in [0.3, 0.4) is 0 Å². The monoisotopic (exact) mass is 241 g/mol. The van der Waals surface area contributed by atoms with Crippen molar-refractivity contribution in [3.05, 3.63) is 28.7 Å². The van der Waals surface area contributed by atoms with Crippen LogP contribution in [0.25, 0.3) is 10.9 Å². The molecule has 0 aliphatic rings. The maximum atomic E-state index is 13.3. The molecule has 1 atom stereocenters. The van der Waals surface area contributed by atoms with Gasteiger partial charge in [0, 0.05) is 11.4 Å². The Bertz CT molecular complexity index is 533. The molecule has 0 aliphatic carbocycles. The Balaban J connectivity index is 2.64. The highest BCUT2D eigenvalue weighted by Gasteiger charge is 2.11. The quantitative estimate of drug-likeness (QED) is 0.878. The molecule has 1 aromatic heterocycles. The standard InChI is InChI=1S/C11H13ClFN3/c1-6(14)5-16-11-4-9(12)10(13)3-8(11)7(2)15-16/h3-4,6H,5,14H2,1-2H3.